The molecule has 0 bridgehead atoms. The fourth-order valence-electron chi connectivity index (χ4n) is 2.28. The Kier molecular flexibility index (Phi) is 7.10. The molecular formula is C17H18F3N3O5. The van der Waals surface area contributed by atoms with Gasteiger partial charge in [0.2, 0.25) is 11.8 Å². The van der Waals surface area contributed by atoms with Gasteiger partial charge in [-0.25, -0.2) is 9.78 Å². The minimum atomic E-state index is -4.55. The van der Waals surface area contributed by atoms with Crippen LogP contribution in [0.25, 0.3) is 0 Å². The summed E-state index contributed by atoms with van der Waals surface area (Å²) in [5, 5.41) is 23.1. The standard InChI is InChI=1S/C17H18F3N3O5/c18-17(19,20)13-2-1-3-15(23-13)28-11-5-4-10(26-9-11)8-27-14(22)7-6-12(21)16(24)25/h1-3,6-7,10-11,21-22H,4-5,8-9H2,(H,24,25)/b7-6-,21-12?,22-14?/t10-,11+/m0/s1. The third-order valence-corrected chi connectivity index (χ3v) is 3.69. The zero-order valence-corrected chi connectivity index (χ0v) is 14.5. The van der Waals surface area contributed by atoms with E-state index in [9.17, 15) is 18.0 Å². The second-order valence-corrected chi connectivity index (χ2v) is 5.86. The van der Waals surface area contributed by atoms with Crippen LogP contribution in [0, 0.1) is 10.8 Å². The van der Waals surface area contributed by atoms with E-state index >= 15 is 0 Å². The summed E-state index contributed by atoms with van der Waals surface area (Å²) < 4.78 is 54.1. The number of pyridine rings is 1. The first kappa shape index (κ1) is 21.4. The van der Waals surface area contributed by atoms with Crippen molar-refractivity contribution >= 4 is 17.6 Å². The average Bonchev–Trinajstić information content (AvgIpc) is 2.65. The van der Waals surface area contributed by atoms with Crippen LogP contribution in [0.2, 0.25) is 0 Å². The van der Waals surface area contributed by atoms with E-state index in [1.54, 1.807) is 0 Å². The first-order valence-electron chi connectivity index (χ1n) is 8.19. The summed E-state index contributed by atoms with van der Waals surface area (Å²) in [6, 6.07) is 3.42. The Labute approximate surface area is 157 Å². The number of nitrogens with zero attached hydrogens (tertiary/aromatic N) is 1. The van der Waals surface area contributed by atoms with E-state index in [0.29, 0.717) is 12.8 Å². The highest BCUT2D eigenvalue weighted by Crippen LogP contribution is 2.29. The Morgan fingerprint density at radius 2 is 2.07 bits per heavy atom. The number of aliphatic carboxylic acids is 1. The lowest BCUT2D eigenvalue weighted by Crippen LogP contribution is -2.36. The van der Waals surface area contributed by atoms with Crippen molar-refractivity contribution in [1.29, 1.82) is 10.8 Å². The molecule has 1 saturated heterocycles. The number of hydrogen-bond donors (Lipinski definition) is 3. The van der Waals surface area contributed by atoms with Crippen molar-refractivity contribution in [3.8, 4) is 5.88 Å². The second-order valence-electron chi connectivity index (χ2n) is 5.86. The van der Waals surface area contributed by atoms with Gasteiger partial charge < -0.3 is 19.3 Å². The molecule has 0 spiro atoms. The number of rotatable bonds is 7. The maximum atomic E-state index is 12.7. The molecule has 1 aromatic rings. The fraction of sp³-hybridized carbons (Fsp3) is 0.412. The van der Waals surface area contributed by atoms with E-state index in [1.807, 2.05) is 0 Å². The highest BCUT2D eigenvalue weighted by molar-refractivity contribution is 6.39. The average molecular weight is 401 g/mol. The number of halogens is 3. The molecule has 1 aromatic heterocycles. The van der Waals surface area contributed by atoms with E-state index < -0.39 is 29.7 Å². The summed E-state index contributed by atoms with van der Waals surface area (Å²) in [5.41, 5.74) is -1.71. The SMILES string of the molecule is N=C(/C=C\C(=N)C(=O)O)OC[C@@H]1CC[C@@H](Oc2cccc(C(F)(F)F)n2)CO1. The molecule has 1 aliphatic heterocycles. The maximum Gasteiger partial charge on any atom is 0.433 e. The molecule has 3 N–H and O–H groups in total. The van der Waals surface area contributed by atoms with E-state index in [1.165, 1.54) is 12.1 Å². The summed E-state index contributed by atoms with van der Waals surface area (Å²) in [5.74, 6) is -1.87. The van der Waals surface area contributed by atoms with Gasteiger partial charge in [-0.15, -0.1) is 0 Å². The molecule has 152 valence electrons. The number of nitrogens with one attached hydrogen (secondary N) is 2. The van der Waals surface area contributed by atoms with Crippen molar-refractivity contribution in [3.63, 3.8) is 0 Å². The lowest BCUT2D eigenvalue weighted by atomic mass is 10.1. The van der Waals surface area contributed by atoms with Crippen LogP contribution >= 0.6 is 0 Å². The lowest BCUT2D eigenvalue weighted by molar-refractivity contribution is -0.141. The summed E-state index contributed by atoms with van der Waals surface area (Å²) in [7, 11) is 0. The van der Waals surface area contributed by atoms with Crippen molar-refractivity contribution in [2.45, 2.75) is 31.2 Å². The number of carbonyl (C=O) groups is 1. The van der Waals surface area contributed by atoms with Gasteiger partial charge in [0.1, 0.15) is 24.1 Å². The zero-order valence-electron chi connectivity index (χ0n) is 14.5. The predicted molar refractivity (Wildman–Crippen MR) is 90.8 cm³/mol. The first-order valence-corrected chi connectivity index (χ1v) is 8.19. The zero-order chi connectivity index (χ0) is 20.7. The molecule has 8 nitrogen and oxygen atoms in total. The topological polar surface area (TPSA) is 126 Å². The van der Waals surface area contributed by atoms with Crippen LogP contribution in [-0.4, -0.2) is 53.1 Å². The van der Waals surface area contributed by atoms with Gasteiger partial charge in [-0.3, -0.25) is 10.8 Å². The van der Waals surface area contributed by atoms with Crippen molar-refractivity contribution in [2.24, 2.45) is 0 Å². The molecule has 0 unspecified atom stereocenters. The normalized spacial score (nSPS) is 20.0. The quantitative estimate of drug-likeness (QED) is 0.476. The van der Waals surface area contributed by atoms with Crippen molar-refractivity contribution in [2.75, 3.05) is 13.2 Å². The maximum absolute atomic E-state index is 12.7. The number of carboxylic acids is 1. The Morgan fingerprint density at radius 1 is 1.32 bits per heavy atom. The molecule has 0 aromatic carbocycles. The van der Waals surface area contributed by atoms with Gasteiger partial charge in [-0.2, -0.15) is 13.2 Å². The minimum absolute atomic E-state index is 0.0398. The highest BCUT2D eigenvalue weighted by Gasteiger charge is 2.33. The Bertz CT molecular complexity index is 759. The lowest BCUT2D eigenvalue weighted by Gasteiger charge is -2.29. The molecule has 1 aliphatic rings. The van der Waals surface area contributed by atoms with Crippen LogP contribution < -0.4 is 4.74 Å². The molecule has 2 atom stereocenters. The molecular weight excluding hydrogens is 383 g/mol. The highest BCUT2D eigenvalue weighted by atomic mass is 19.4. The van der Waals surface area contributed by atoms with Gasteiger partial charge in [0, 0.05) is 12.1 Å². The van der Waals surface area contributed by atoms with Crippen LogP contribution in [0.4, 0.5) is 13.2 Å². The van der Waals surface area contributed by atoms with Crippen LogP contribution in [0.5, 0.6) is 5.88 Å². The third kappa shape index (κ3) is 6.65. The molecule has 0 radical (unpaired) electrons. The Morgan fingerprint density at radius 3 is 2.68 bits per heavy atom. The van der Waals surface area contributed by atoms with Gasteiger partial charge >= 0.3 is 12.1 Å². The molecule has 0 amide bonds. The molecule has 2 heterocycles. The van der Waals surface area contributed by atoms with E-state index in [0.717, 1.165) is 18.2 Å². The van der Waals surface area contributed by atoms with E-state index in [-0.39, 0.29) is 31.1 Å². The Hall–Kier alpha value is -2.95. The third-order valence-electron chi connectivity index (χ3n) is 3.69. The second kappa shape index (κ2) is 9.31. The smallest absolute Gasteiger partial charge is 0.433 e. The fourth-order valence-corrected chi connectivity index (χ4v) is 2.28. The van der Waals surface area contributed by atoms with E-state index in [4.69, 9.17) is 30.1 Å². The van der Waals surface area contributed by atoms with Crippen LogP contribution in [0.1, 0.15) is 18.5 Å². The molecule has 2 rings (SSSR count). The van der Waals surface area contributed by atoms with E-state index in [2.05, 4.69) is 4.98 Å². The summed E-state index contributed by atoms with van der Waals surface area (Å²) >= 11 is 0. The van der Waals surface area contributed by atoms with Gasteiger partial charge in [0.25, 0.3) is 0 Å². The van der Waals surface area contributed by atoms with Crippen LogP contribution in [-0.2, 0) is 20.4 Å². The number of aromatic nitrogens is 1. The predicted octanol–water partition coefficient (Wildman–Crippen LogP) is 2.68. The number of alkyl halides is 3. The summed E-state index contributed by atoms with van der Waals surface area (Å²) in [6.07, 6.45) is -2.38. The first-order chi connectivity index (χ1) is 13.1. The number of hydrogen-bond acceptors (Lipinski definition) is 7. The molecule has 0 aliphatic carbocycles. The van der Waals surface area contributed by atoms with Crippen molar-refractivity contribution < 1.29 is 37.3 Å². The molecule has 0 saturated carbocycles. The van der Waals surface area contributed by atoms with Crippen molar-refractivity contribution in [3.05, 3.63) is 36.0 Å². The van der Waals surface area contributed by atoms with Crippen LogP contribution in [0.15, 0.2) is 30.4 Å². The van der Waals surface area contributed by atoms with Crippen molar-refractivity contribution in [1.82, 2.24) is 4.98 Å². The minimum Gasteiger partial charge on any atom is -0.477 e. The monoisotopic (exact) mass is 401 g/mol. The van der Waals surface area contributed by atoms with Gasteiger partial charge in [-0.1, -0.05) is 6.07 Å². The molecule has 28 heavy (non-hydrogen) atoms. The number of ether oxygens (including phenoxy) is 3. The largest absolute Gasteiger partial charge is 0.477 e. The summed E-state index contributed by atoms with van der Waals surface area (Å²) in [6.45, 7) is 0.164. The molecule has 11 heteroatoms. The molecule has 1 fully saturated rings. The Balaban J connectivity index is 1.75. The van der Waals surface area contributed by atoms with Gasteiger partial charge in [0.05, 0.1) is 12.7 Å². The summed E-state index contributed by atoms with van der Waals surface area (Å²) in [4.78, 5) is 13.9. The van der Waals surface area contributed by atoms with Crippen LogP contribution in [0.3, 0.4) is 0 Å². The van der Waals surface area contributed by atoms with Gasteiger partial charge in [0.15, 0.2) is 0 Å². The number of carboxylic acid groups (broad SMARTS) is 1. The van der Waals surface area contributed by atoms with Gasteiger partial charge in [-0.05, 0) is 25.0 Å².